The molecule has 1 aromatic heterocycles. The Labute approximate surface area is 159 Å². The minimum atomic E-state index is -0.678. The van der Waals surface area contributed by atoms with Crippen molar-refractivity contribution in [1.29, 1.82) is 5.26 Å². The van der Waals surface area contributed by atoms with Crippen LogP contribution in [0.3, 0.4) is 0 Å². The summed E-state index contributed by atoms with van der Waals surface area (Å²) in [6.07, 6.45) is 4.68. The van der Waals surface area contributed by atoms with Gasteiger partial charge in [0.05, 0.1) is 10.9 Å². The quantitative estimate of drug-likeness (QED) is 0.822. The lowest BCUT2D eigenvalue weighted by Gasteiger charge is -2.32. The van der Waals surface area contributed by atoms with Crippen molar-refractivity contribution in [2.24, 2.45) is 0 Å². The molecule has 0 spiro atoms. The lowest BCUT2D eigenvalue weighted by atomic mass is 9.82. The molecule has 0 saturated heterocycles. The maximum Gasteiger partial charge on any atom is 0.279 e. The fraction of sp³-hybridized carbons (Fsp3) is 0.429. The van der Waals surface area contributed by atoms with E-state index in [9.17, 15) is 10.1 Å². The van der Waals surface area contributed by atoms with E-state index in [1.165, 1.54) is 10.4 Å². The van der Waals surface area contributed by atoms with Crippen molar-refractivity contribution < 1.29 is 10.1 Å². The lowest BCUT2D eigenvalue weighted by molar-refractivity contribution is -0.704. The second kappa shape index (κ2) is 8.48. The highest BCUT2D eigenvalue weighted by Crippen LogP contribution is 2.27. The third-order valence-corrected chi connectivity index (χ3v) is 6.14. The SMILES string of the molecule is C[C@@H]([NH2+][C@@H](c1ccccc1)c1cccs1)C(=O)NC1(C#N)CCCCC1. The molecule has 3 N–H and O–H groups in total. The van der Waals surface area contributed by atoms with Gasteiger partial charge in [0.15, 0.2) is 6.04 Å². The van der Waals surface area contributed by atoms with Gasteiger partial charge in [-0.15, -0.1) is 11.3 Å². The maximum absolute atomic E-state index is 12.8. The van der Waals surface area contributed by atoms with E-state index in [0.29, 0.717) is 0 Å². The van der Waals surface area contributed by atoms with Crippen LogP contribution in [0, 0.1) is 11.3 Å². The highest BCUT2D eigenvalue weighted by atomic mass is 32.1. The molecule has 4 nitrogen and oxygen atoms in total. The highest BCUT2D eigenvalue weighted by molar-refractivity contribution is 7.10. The number of nitriles is 1. The van der Waals surface area contributed by atoms with E-state index in [-0.39, 0.29) is 18.0 Å². The number of benzene rings is 1. The van der Waals surface area contributed by atoms with E-state index >= 15 is 0 Å². The Balaban J connectivity index is 1.72. The van der Waals surface area contributed by atoms with Crippen molar-refractivity contribution in [3.63, 3.8) is 0 Å². The summed E-state index contributed by atoms with van der Waals surface area (Å²) in [7, 11) is 0. The first-order chi connectivity index (χ1) is 12.6. The number of nitrogens with two attached hydrogens (primary N) is 1. The van der Waals surface area contributed by atoms with E-state index in [1.54, 1.807) is 11.3 Å². The first kappa shape index (κ1) is 18.6. The van der Waals surface area contributed by atoms with E-state index < -0.39 is 5.54 Å². The van der Waals surface area contributed by atoms with Crippen LogP contribution in [0.1, 0.15) is 55.5 Å². The van der Waals surface area contributed by atoms with Crippen LogP contribution in [-0.2, 0) is 4.79 Å². The molecule has 1 aliphatic rings. The second-order valence-corrected chi connectivity index (χ2v) is 8.11. The van der Waals surface area contributed by atoms with Crippen LogP contribution in [0.25, 0.3) is 0 Å². The van der Waals surface area contributed by atoms with Gasteiger partial charge in [0, 0.05) is 5.56 Å². The number of hydrogen-bond acceptors (Lipinski definition) is 3. The van der Waals surface area contributed by atoms with Gasteiger partial charge in [-0.25, -0.2) is 0 Å². The zero-order valence-electron chi connectivity index (χ0n) is 15.2. The van der Waals surface area contributed by atoms with E-state index in [0.717, 1.165) is 32.1 Å². The van der Waals surface area contributed by atoms with E-state index in [2.05, 4.69) is 40.3 Å². The molecule has 26 heavy (non-hydrogen) atoms. The second-order valence-electron chi connectivity index (χ2n) is 7.13. The van der Waals surface area contributed by atoms with Gasteiger partial charge >= 0.3 is 0 Å². The van der Waals surface area contributed by atoms with Crippen molar-refractivity contribution in [1.82, 2.24) is 5.32 Å². The number of carbonyl (C=O) groups is 1. The highest BCUT2D eigenvalue weighted by Gasteiger charge is 2.36. The fourth-order valence-corrected chi connectivity index (χ4v) is 4.48. The van der Waals surface area contributed by atoms with E-state index in [4.69, 9.17) is 0 Å². The molecule has 136 valence electrons. The van der Waals surface area contributed by atoms with Crippen LogP contribution >= 0.6 is 11.3 Å². The first-order valence-electron chi connectivity index (χ1n) is 9.30. The van der Waals surface area contributed by atoms with Crippen LogP contribution in [-0.4, -0.2) is 17.5 Å². The summed E-state index contributed by atoms with van der Waals surface area (Å²) in [5, 5.41) is 16.8. The Kier molecular flexibility index (Phi) is 6.08. The average molecular weight is 369 g/mol. The number of carbonyl (C=O) groups excluding carboxylic acids is 1. The van der Waals surface area contributed by atoms with Crippen LogP contribution in [0.2, 0.25) is 0 Å². The van der Waals surface area contributed by atoms with Crippen molar-refractivity contribution in [3.8, 4) is 6.07 Å². The van der Waals surface area contributed by atoms with Gasteiger partial charge < -0.3 is 10.6 Å². The zero-order valence-corrected chi connectivity index (χ0v) is 16.0. The minimum Gasteiger partial charge on any atom is -0.333 e. The number of amides is 1. The number of nitrogens with zero attached hydrogens (tertiary/aromatic N) is 1. The number of quaternary nitrogens is 1. The van der Waals surface area contributed by atoms with Crippen molar-refractivity contribution in [3.05, 3.63) is 58.3 Å². The Morgan fingerprint density at radius 1 is 1.19 bits per heavy atom. The predicted octanol–water partition coefficient (Wildman–Crippen LogP) is 3.13. The standard InChI is InChI=1S/C21H25N3OS/c1-16(20(25)24-21(15-22)12-6-3-7-13-21)23-19(18-11-8-14-26-18)17-9-4-2-5-10-17/h2,4-5,8-11,14,16,19,23H,3,6-7,12-13H2,1H3,(H,24,25)/p+1/t16-,19+/m1/s1. The summed E-state index contributed by atoms with van der Waals surface area (Å²) in [6, 6.07) is 16.6. The fourth-order valence-electron chi connectivity index (χ4n) is 3.64. The Bertz CT molecular complexity index is 745. The molecule has 0 unspecified atom stereocenters. The number of thiophene rings is 1. The van der Waals surface area contributed by atoms with Crippen molar-refractivity contribution in [2.75, 3.05) is 0 Å². The first-order valence-corrected chi connectivity index (χ1v) is 10.2. The van der Waals surface area contributed by atoms with Gasteiger partial charge in [0.1, 0.15) is 11.6 Å². The molecule has 5 heteroatoms. The number of rotatable bonds is 6. The molecule has 1 aromatic carbocycles. The van der Waals surface area contributed by atoms with Crippen LogP contribution in [0.5, 0.6) is 0 Å². The number of hydrogen-bond donors (Lipinski definition) is 2. The third kappa shape index (κ3) is 4.32. The molecule has 1 amide bonds. The van der Waals surface area contributed by atoms with E-state index in [1.807, 2.05) is 31.2 Å². The molecule has 1 aliphatic carbocycles. The topological polar surface area (TPSA) is 69.5 Å². The van der Waals surface area contributed by atoms with Gasteiger partial charge in [-0.3, -0.25) is 4.79 Å². The zero-order chi connectivity index (χ0) is 18.4. The third-order valence-electron chi connectivity index (χ3n) is 5.19. The van der Waals surface area contributed by atoms with Gasteiger partial charge in [-0.1, -0.05) is 55.7 Å². The monoisotopic (exact) mass is 368 g/mol. The average Bonchev–Trinajstić information content (AvgIpc) is 3.21. The summed E-state index contributed by atoms with van der Waals surface area (Å²) in [5.41, 5.74) is 0.505. The molecule has 3 rings (SSSR count). The molecular formula is C21H26N3OS+. The van der Waals surface area contributed by atoms with Crippen molar-refractivity contribution >= 4 is 17.2 Å². The Hall–Kier alpha value is -2.16. The molecular weight excluding hydrogens is 342 g/mol. The summed E-state index contributed by atoms with van der Waals surface area (Å²) in [4.78, 5) is 14.0. The smallest absolute Gasteiger partial charge is 0.279 e. The minimum absolute atomic E-state index is 0.0501. The normalized spacial score (nSPS) is 18.5. The van der Waals surface area contributed by atoms with Crippen LogP contribution in [0.15, 0.2) is 47.8 Å². The van der Waals surface area contributed by atoms with Crippen molar-refractivity contribution in [2.45, 2.75) is 56.7 Å². The Morgan fingerprint density at radius 3 is 2.54 bits per heavy atom. The molecule has 0 radical (unpaired) electrons. The van der Waals surface area contributed by atoms with Gasteiger partial charge in [-0.05, 0) is 31.2 Å². The summed E-state index contributed by atoms with van der Waals surface area (Å²) >= 11 is 1.70. The summed E-state index contributed by atoms with van der Waals surface area (Å²) < 4.78 is 0. The maximum atomic E-state index is 12.8. The van der Waals surface area contributed by atoms with Gasteiger partial charge in [0.25, 0.3) is 5.91 Å². The Morgan fingerprint density at radius 2 is 1.92 bits per heavy atom. The largest absolute Gasteiger partial charge is 0.333 e. The molecule has 2 atom stereocenters. The summed E-state index contributed by atoms with van der Waals surface area (Å²) in [6.45, 7) is 1.92. The number of nitrogens with one attached hydrogen (secondary N) is 1. The molecule has 1 heterocycles. The summed E-state index contributed by atoms with van der Waals surface area (Å²) in [5.74, 6) is -0.0501. The van der Waals surface area contributed by atoms with Crippen LogP contribution in [0.4, 0.5) is 0 Å². The van der Waals surface area contributed by atoms with Gasteiger partial charge in [-0.2, -0.15) is 5.26 Å². The lowest BCUT2D eigenvalue weighted by Crippen LogP contribution is -2.93. The molecule has 0 aliphatic heterocycles. The molecule has 2 aromatic rings. The van der Waals surface area contributed by atoms with Gasteiger partial charge in [0.2, 0.25) is 0 Å². The molecule has 1 saturated carbocycles. The molecule has 1 fully saturated rings. The van der Waals surface area contributed by atoms with Crippen LogP contribution < -0.4 is 10.6 Å². The predicted molar refractivity (Wildman–Crippen MR) is 104 cm³/mol. The molecule has 0 bridgehead atoms.